The Balaban J connectivity index is 1.88. The molecule has 0 aliphatic carbocycles. The lowest BCUT2D eigenvalue weighted by molar-refractivity contribution is -0.117. The molecule has 0 unspecified atom stereocenters. The van der Waals surface area contributed by atoms with Gasteiger partial charge in [0.15, 0.2) is 0 Å². The number of amides is 2. The molecule has 1 N–H and O–H groups in total. The van der Waals surface area contributed by atoms with Crippen molar-refractivity contribution in [2.45, 2.75) is 6.04 Å². The fourth-order valence-electron chi connectivity index (χ4n) is 3.42. The van der Waals surface area contributed by atoms with Crippen LogP contribution in [-0.2, 0) is 4.79 Å². The summed E-state index contributed by atoms with van der Waals surface area (Å²) in [5.74, 6) is -1.10. The van der Waals surface area contributed by atoms with Crippen LogP contribution in [0.5, 0.6) is 0 Å². The molecule has 28 heavy (non-hydrogen) atoms. The van der Waals surface area contributed by atoms with E-state index in [0.29, 0.717) is 16.3 Å². The summed E-state index contributed by atoms with van der Waals surface area (Å²) < 4.78 is 13.3. The topological polar surface area (TPSA) is 49.4 Å². The van der Waals surface area contributed by atoms with Crippen LogP contribution in [0.2, 0.25) is 5.02 Å². The number of benzene rings is 3. The van der Waals surface area contributed by atoms with Crippen LogP contribution in [0.15, 0.2) is 72.8 Å². The second kappa shape index (κ2) is 7.44. The highest BCUT2D eigenvalue weighted by Crippen LogP contribution is 2.37. The quantitative estimate of drug-likeness (QED) is 0.687. The van der Waals surface area contributed by atoms with Crippen molar-refractivity contribution in [1.29, 1.82) is 0 Å². The van der Waals surface area contributed by atoms with Gasteiger partial charge in [-0.25, -0.2) is 4.39 Å². The van der Waals surface area contributed by atoms with Crippen LogP contribution in [0.25, 0.3) is 0 Å². The molecular weight excluding hydrogens is 379 g/mol. The Bertz CT molecular complexity index is 1040. The molecule has 0 fully saturated rings. The fourth-order valence-corrected chi connectivity index (χ4v) is 3.60. The maximum Gasteiger partial charge on any atom is 0.255 e. The van der Waals surface area contributed by atoms with Crippen molar-refractivity contribution >= 4 is 29.1 Å². The van der Waals surface area contributed by atoms with E-state index in [4.69, 9.17) is 11.6 Å². The third-order valence-electron chi connectivity index (χ3n) is 4.68. The molecule has 1 heterocycles. The van der Waals surface area contributed by atoms with Gasteiger partial charge in [-0.05, 0) is 48.0 Å². The van der Waals surface area contributed by atoms with Crippen molar-refractivity contribution in [3.63, 3.8) is 0 Å². The average molecular weight is 395 g/mol. The molecule has 0 saturated heterocycles. The van der Waals surface area contributed by atoms with Gasteiger partial charge in [0, 0.05) is 21.8 Å². The number of fused-ring (bicyclic) bond motifs is 1. The van der Waals surface area contributed by atoms with Gasteiger partial charge < -0.3 is 10.2 Å². The van der Waals surface area contributed by atoms with Gasteiger partial charge in [0.25, 0.3) is 5.91 Å². The van der Waals surface area contributed by atoms with Crippen LogP contribution in [0.1, 0.15) is 27.5 Å². The molecule has 4 nitrogen and oxygen atoms in total. The Kier molecular flexibility index (Phi) is 4.84. The van der Waals surface area contributed by atoms with Gasteiger partial charge >= 0.3 is 0 Å². The van der Waals surface area contributed by atoms with E-state index >= 15 is 0 Å². The summed E-state index contributed by atoms with van der Waals surface area (Å²) >= 11 is 6.22. The second-order valence-electron chi connectivity index (χ2n) is 6.53. The van der Waals surface area contributed by atoms with Gasteiger partial charge in [-0.2, -0.15) is 0 Å². The molecule has 1 aliphatic heterocycles. The normalized spacial score (nSPS) is 16.1. The molecule has 0 aromatic heterocycles. The van der Waals surface area contributed by atoms with E-state index in [-0.39, 0.29) is 18.4 Å². The minimum Gasteiger partial charge on any atom is -0.324 e. The highest BCUT2D eigenvalue weighted by molar-refractivity contribution is 6.30. The minimum atomic E-state index is -0.522. The van der Waals surface area contributed by atoms with Crippen molar-refractivity contribution in [3.8, 4) is 0 Å². The minimum absolute atomic E-state index is 0.137. The molecule has 140 valence electrons. The lowest BCUT2D eigenvalue weighted by atomic mass is 9.95. The van der Waals surface area contributed by atoms with Crippen molar-refractivity contribution in [1.82, 2.24) is 4.90 Å². The molecule has 6 heteroatoms. The summed E-state index contributed by atoms with van der Waals surface area (Å²) in [6.45, 7) is -0.137. The molecule has 1 atom stereocenters. The van der Waals surface area contributed by atoms with Gasteiger partial charge in [-0.15, -0.1) is 0 Å². The van der Waals surface area contributed by atoms with E-state index in [2.05, 4.69) is 5.32 Å². The molecule has 0 spiro atoms. The van der Waals surface area contributed by atoms with Crippen LogP contribution < -0.4 is 5.32 Å². The molecule has 4 rings (SSSR count). The van der Waals surface area contributed by atoms with Gasteiger partial charge in [-0.3, -0.25) is 9.59 Å². The zero-order chi connectivity index (χ0) is 19.7. The van der Waals surface area contributed by atoms with Gasteiger partial charge in [0.1, 0.15) is 12.4 Å². The van der Waals surface area contributed by atoms with E-state index in [0.717, 1.165) is 11.1 Å². The largest absolute Gasteiger partial charge is 0.324 e. The number of rotatable bonds is 2. The van der Waals surface area contributed by atoms with E-state index in [1.807, 2.05) is 30.3 Å². The van der Waals surface area contributed by atoms with Crippen molar-refractivity contribution in [2.75, 3.05) is 11.9 Å². The Morgan fingerprint density at radius 3 is 2.46 bits per heavy atom. The van der Waals surface area contributed by atoms with Gasteiger partial charge in [-0.1, -0.05) is 41.9 Å². The number of anilines is 1. The molecular formula is C22H16ClFN2O2. The third-order valence-corrected chi connectivity index (χ3v) is 4.91. The van der Waals surface area contributed by atoms with E-state index in [9.17, 15) is 14.0 Å². The maximum absolute atomic E-state index is 13.3. The number of nitrogens with zero attached hydrogens (tertiary/aromatic N) is 1. The fraction of sp³-hybridized carbons (Fsp3) is 0.0909. The summed E-state index contributed by atoms with van der Waals surface area (Å²) in [4.78, 5) is 27.3. The predicted octanol–water partition coefficient (Wildman–Crippen LogP) is 4.66. The first-order valence-corrected chi connectivity index (χ1v) is 9.11. The number of hydrogen-bond donors (Lipinski definition) is 1. The van der Waals surface area contributed by atoms with Crippen molar-refractivity contribution in [2.24, 2.45) is 0 Å². The maximum atomic E-state index is 13.3. The van der Waals surface area contributed by atoms with Crippen molar-refractivity contribution in [3.05, 3.63) is 100 Å². The summed E-state index contributed by atoms with van der Waals surface area (Å²) in [7, 11) is 0. The van der Waals surface area contributed by atoms with Crippen LogP contribution >= 0.6 is 11.6 Å². The van der Waals surface area contributed by atoms with E-state index in [1.165, 1.54) is 29.2 Å². The lowest BCUT2D eigenvalue weighted by Gasteiger charge is -2.30. The third kappa shape index (κ3) is 3.49. The molecule has 1 aliphatic rings. The number of nitrogens with one attached hydrogen (secondary N) is 1. The first-order chi connectivity index (χ1) is 13.5. The molecule has 3 aromatic rings. The SMILES string of the molecule is O=C1CN(C(=O)c2ccc(F)cc2)[C@H](c2ccccc2)c2cc(Cl)ccc2N1. The van der Waals surface area contributed by atoms with Crippen LogP contribution in [0, 0.1) is 5.82 Å². The number of carbonyl (C=O) groups is 2. The van der Waals surface area contributed by atoms with Crippen LogP contribution in [-0.4, -0.2) is 23.3 Å². The zero-order valence-corrected chi connectivity index (χ0v) is 15.5. The summed E-state index contributed by atoms with van der Waals surface area (Å²) in [5, 5.41) is 3.35. The molecule has 3 aromatic carbocycles. The first kappa shape index (κ1) is 18.2. The molecule has 2 amide bonds. The molecule has 0 radical (unpaired) electrons. The smallest absolute Gasteiger partial charge is 0.255 e. The molecule has 0 saturated carbocycles. The zero-order valence-electron chi connectivity index (χ0n) is 14.7. The second-order valence-corrected chi connectivity index (χ2v) is 6.97. The predicted molar refractivity (Wildman–Crippen MR) is 106 cm³/mol. The standard InChI is InChI=1S/C22H16ClFN2O2/c23-16-8-11-19-18(12-16)21(14-4-2-1-3-5-14)26(13-20(27)25-19)22(28)15-6-9-17(24)10-7-15/h1-12,21H,13H2,(H,25,27)/t21-/m1/s1. The number of hydrogen-bond acceptors (Lipinski definition) is 2. The summed E-state index contributed by atoms with van der Waals surface area (Å²) in [5.41, 5.74) is 2.48. The average Bonchev–Trinajstić information content (AvgIpc) is 2.84. The first-order valence-electron chi connectivity index (χ1n) is 8.74. The Hall–Kier alpha value is -3.18. The monoisotopic (exact) mass is 394 g/mol. The number of carbonyl (C=O) groups excluding carboxylic acids is 2. The lowest BCUT2D eigenvalue weighted by Crippen LogP contribution is -2.39. The Labute approximate surface area is 166 Å². The summed E-state index contributed by atoms with van der Waals surface area (Å²) in [6.07, 6.45) is 0. The molecule has 0 bridgehead atoms. The summed E-state index contributed by atoms with van der Waals surface area (Å²) in [6, 6.07) is 19.4. The van der Waals surface area contributed by atoms with E-state index < -0.39 is 11.9 Å². The highest BCUT2D eigenvalue weighted by Gasteiger charge is 2.34. The Morgan fingerprint density at radius 2 is 1.75 bits per heavy atom. The number of halogens is 2. The van der Waals surface area contributed by atoms with Crippen molar-refractivity contribution < 1.29 is 14.0 Å². The van der Waals surface area contributed by atoms with Gasteiger partial charge in [0.2, 0.25) is 5.91 Å². The Morgan fingerprint density at radius 1 is 1.04 bits per heavy atom. The van der Waals surface area contributed by atoms with Crippen LogP contribution in [0.4, 0.5) is 10.1 Å². The van der Waals surface area contributed by atoms with Gasteiger partial charge in [0.05, 0.1) is 6.04 Å². The van der Waals surface area contributed by atoms with E-state index in [1.54, 1.807) is 18.2 Å². The highest BCUT2D eigenvalue weighted by atomic mass is 35.5. The van der Waals surface area contributed by atoms with Crippen LogP contribution in [0.3, 0.4) is 0 Å².